The lowest BCUT2D eigenvalue weighted by molar-refractivity contribution is 0.669. The molecule has 0 aliphatic rings. The summed E-state index contributed by atoms with van der Waals surface area (Å²) in [6.07, 6.45) is 0. The molecule has 2 heterocycles. The molecule has 11 aromatic rings. The zero-order chi connectivity index (χ0) is 36.3. The Bertz CT molecular complexity index is 3220. The van der Waals surface area contributed by atoms with E-state index >= 15 is 0 Å². The first-order valence-electron chi connectivity index (χ1n) is 18.7. The Morgan fingerprint density at radius 1 is 0.382 bits per heavy atom. The lowest BCUT2D eigenvalue weighted by atomic mass is 9.95. The van der Waals surface area contributed by atoms with Crippen LogP contribution in [0.1, 0.15) is 0 Å². The second-order valence-electron chi connectivity index (χ2n) is 14.1. The molecular weight excluding hydrogens is 687 g/mol. The lowest BCUT2D eigenvalue weighted by Gasteiger charge is -2.26. The number of fused-ring (bicyclic) bond motifs is 7. The normalized spacial score (nSPS) is 11.6. The van der Waals surface area contributed by atoms with Gasteiger partial charge in [-0.15, -0.1) is 11.3 Å². The summed E-state index contributed by atoms with van der Waals surface area (Å²) in [5, 5.41) is 7.34. The first-order chi connectivity index (χ1) is 27.3. The molecule has 258 valence electrons. The topological polar surface area (TPSA) is 16.4 Å². The summed E-state index contributed by atoms with van der Waals surface area (Å²) in [7, 11) is 0. The van der Waals surface area contributed by atoms with E-state index in [9.17, 15) is 0 Å². The van der Waals surface area contributed by atoms with Gasteiger partial charge >= 0.3 is 0 Å². The van der Waals surface area contributed by atoms with E-state index in [0.717, 1.165) is 44.6 Å². The van der Waals surface area contributed by atoms with Gasteiger partial charge in [0.2, 0.25) is 0 Å². The van der Waals surface area contributed by atoms with Gasteiger partial charge in [-0.3, -0.25) is 0 Å². The summed E-state index contributed by atoms with van der Waals surface area (Å²) in [5.74, 6) is 0. The van der Waals surface area contributed by atoms with Crippen LogP contribution >= 0.6 is 11.3 Å². The Morgan fingerprint density at radius 2 is 1.02 bits per heavy atom. The van der Waals surface area contributed by atoms with Crippen molar-refractivity contribution in [2.24, 2.45) is 0 Å². The SMILES string of the molecule is c1cc(-c2cccc(N(c3ccc(-c4cccc5sc6ccccc6c45)cc3)c3cccc4c3oc3ccccc34)c2)cc(-c2cccc3ccccc23)c1. The third-order valence-corrected chi connectivity index (χ3v) is 12.0. The van der Waals surface area contributed by atoms with E-state index in [1.807, 2.05) is 17.4 Å². The Labute approximate surface area is 322 Å². The summed E-state index contributed by atoms with van der Waals surface area (Å²) < 4.78 is 9.28. The Morgan fingerprint density at radius 3 is 1.93 bits per heavy atom. The first-order valence-corrected chi connectivity index (χ1v) is 19.5. The number of hydrogen-bond acceptors (Lipinski definition) is 3. The Kier molecular flexibility index (Phi) is 7.39. The van der Waals surface area contributed by atoms with Crippen molar-refractivity contribution in [3.05, 3.63) is 200 Å². The molecule has 0 bridgehead atoms. The van der Waals surface area contributed by atoms with Crippen LogP contribution in [0.4, 0.5) is 17.1 Å². The van der Waals surface area contributed by atoms with Gasteiger partial charge in [0.1, 0.15) is 5.58 Å². The Hall–Kier alpha value is -6.94. The van der Waals surface area contributed by atoms with Crippen LogP contribution in [0.25, 0.3) is 86.3 Å². The third-order valence-electron chi connectivity index (χ3n) is 10.9. The standard InChI is InChI=1S/C52H33NOS/c1-2-18-41-34(12-1)13-9-21-42(41)38-16-7-14-36(32-38)37-15-8-17-40(33-37)53(47-24-10-23-45-44-19-3-5-25-48(44)54-52(45)47)39-30-28-35(29-31-39)43-22-11-27-50-51(43)46-20-4-6-26-49(46)55-50/h1-33H. The fourth-order valence-electron chi connectivity index (χ4n) is 8.31. The number of rotatable bonds is 6. The zero-order valence-corrected chi connectivity index (χ0v) is 30.6. The van der Waals surface area contributed by atoms with Crippen molar-refractivity contribution in [2.45, 2.75) is 0 Å². The van der Waals surface area contributed by atoms with E-state index < -0.39 is 0 Å². The lowest BCUT2D eigenvalue weighted by Crippen LogP contribution is -2.10. The molecule has 2 aromatic heterocycles. The van der Waals surface area contributed by atoms with Crippen molar-refractivity contribution in [2.75, 3.05) is 4.90 Å². The molecule has 2 nitrogen and oxygen atoms in total. The van der Waals surface area contributed by atoms with Crippen LogP contribution in [0.5, 0.6) is 0 Å². The van der Waals surface area contributed by atoms with Crippen LogP contribution in [-0.2, 0) is 0 Å². The second kappa shape index (κ2) is 12.9. The molecule has 0 aliphatic carbocycles. The molecule has 11 rings (SSSR count). The van der Waals surface area contributed by atoms with E-state index in [0.29, 0.717) is 0 Å². The molecule has 9 aromatic carbocycles. The van der Waals surface area contributed by atoms with E-state index in [2.05, 4.69) is 199 Å². The van der Waals surface area contributed by atoms with Crippen molar-refractivity contribution >= 4 is 81.3 Å². The summed E-state index contributed by atoms with van der Waals surface area (Å²) in [6.45, 7) is 0. The van der Waals surface area contributed by atoms with Crippen LogP contribution in [0.15, 0.2) is 205 Å². The molecule has 0 N–H and O–H groups in total. The van der Waals surface area contributed by atoms with Gasteiger partial charge in [-0.05, 0) is 98.8 Å². The molecule has 0 radical (unpaired) electrons. The van der Waals surface area contributed by atoms with Gasteiger partial charge in [0, 0.05) is 42.3 Å². The van der Waals surface area contributed by atoms with Gasteiger partial charge in [0.25, 0.3) is 0 Å². The van der Waals surface area contributed by atoms with Crippen LogP contribution in [0, 0.1) is 0 Å². The largest absolute Gasteiger partial charge is 0.454 e. The molecule has 0 atom stereocenters. The van der Waals surface area contributed by atoms with Gasteiger partial charge in [0.15, 0.2) is 5.58 Å². The maximum absolute atomic E-state index is 6.66. The maximum atomic E-state index is 6.66. The highest BCUT2D eigenvalue weighted by atomic mass is 32.1. The van der Waals surface area contributed by atoms with E-state index in [-0.39, 0.29) is 0 Å². The van der Waals surface area contributed by atoms with Crippen LogP contribution in [0.2, 0.25) is 0 Å². The fraction of sp³-hybridized carbons (Fsp3) is 0. The number of para-hydroxylation sites is 2. The van der Waals surface area contributed by atoms with Crippen molar-refractivity contribution in [3.63, 3.8) is 0 Å². The monoisotopic (exact) mass is 719 g/mol. The molecule has 55 heavy (non-hydrogen) atoms. The smallest absolute Gasteiger partial charge is 0.159 e. The number of benzene rings is 9. The molecule has 0 saturated carbocycles. The van der Waals surface area contributed by atoms with Gasteiger partial charge in [-0.2, -0.15) is 0 Å². The molecule has 0 fully saturated rings. The average Bonchev–Trinajstić information content (AvgIpc) is 3.83. The molecular formula is C52H33NOS. The minimum absolute atomic E-state index is 0.866. The highest BCUT2D eigenvalue weighted by Crippen LogP contribution is 2.45. The quantitative estimate of drug-likeness (QED) is 0.170. The van der Waals surface area contributed by atoms with Crippen molar-refractivity contribution in [1.82, 2.24) is 0 Å². The highest BCUT2D eigenvalue weighted by molar-refractivity contribution is 7.25. The van der Waals surface area contributed by atoms with Crippen molar-refractivity contribution < 1.29 is 4.42 Å². The number of hydrogen-bond donors (Lipinski definition) is 0. The summed E-state index contributed by atoms with van der Waals surface area (Å²) in [5.41, 5.74) is 12.1. The molecule has 0 amide bonds. The summed E-state index contributed by atoms with van der Waals surface area (Å²) in [6, 6.07) is 72.1. The number of furan rings is 1. The number of anilines is 3. The van der Waals surface area contributed by atoms with E-state index in [4.69, 9.17) is 4.42 Å². The zero-order valence-electron chi connectivity index (χ0n) is 29.8. The number of nitrogens with zero attached hydrogens (tertiary/aromatic N) is 1. The van der Waals surface area contributed by atoms with E-state index in [1.165, 1.54) is 58.8 Å². The average molecular weight is 720 g/mol. The van der Waals surface area contributed by atoms with Gasteiger partial charge in [0.05, 0.1) is 5.69 Å². The van der Waals surface area contributed by atoms with Crippen molar-refractivity contribution in [3.8, 4) is 33.4 Å². The predicted molar refractivity (Wildman–Crippen MR) is 235 cm³/mol. The minimum atomic E-state index is 0.866. The van der Waals surface area contributed by atoms with Gasteiger partial charge < -0.3 is 9.32 Å². The molecule has 0 saturated heterocycles. The molecule has 0 unspecified atom stereocenters. The number of thiophene rings is 1. The van der Waals surface area contributed by atoms with Crippen LogP contribution < -0.4 is 4.90 Å². The molecule has 3 heteroatoms. The molecule has 0 aliphatic heterocycles. The molecule has 0 spiro atoms. The van der Waals surface area contributed by atoms with E-state index in [1.54, 1.807) is 0 Å². The van der Waals surface area contributed by atoms with Gasteiger partial charge in [-0.25, -0.2) is 0 Å². The summed E-state index contributed by atoms with van der Waals surface area (Å²) >= 11 is 1.86. The first kappa shape index (κ1) is 31.6. The third kappa shape index (κ3) is 5.32. The van der Waals surface area contributed by atoms with Crippen LogP contribution in [-0.4, -0.2) is 0 Å². The second-order valence-corrected chi connectivity index (χ2v) is 15.2. The maximum Gasteiger partial charge on any atom is 0.159 e. The minimum Gasteiger partial charge on any atom is -0.454 e. The van der Waals surface area contributed by atoms with Crippen LogP contribution in [0.3, 0.4) is 0 Å². The Balaban J connectivity index is 1.06. The van der Waals surface area contributed by atoms with Gasteiger partial charge in [-0.1, -0.05) is 146 Å². The highest BCUT2D eigenvalue weighted by Gasteiger charge is 2.20. The van der Waals surface area contributed by atoms with Crippen molar-refractivity contribution in [1.29, 1.82) is 0 Å². The fourth-order valence-corrected chi connectivity index (χ4v) is 9.44. The summed E-state index contributed by atoms with van der Waals surface area (Å²) in [4.78, 5) is 2.34. The predicted octanol–water partition coefficient (Wildman–Crippen LogP) is 15.6.